The average Bonchev–Trinajstić information content (AvgIpc) is 2.29. The molecule has 0 aliphatic carbocycles. The fraction of sp³-hybridized carbons (Fsp3) is 0.462. The van der Waals surface area contributed by atoms with Crippen LogP contribution in [0, 0.1) is 0 Å². The Morgan fingerprint density at radius 2 is 1.82 bits per heavy atom. The molecule has 0 N–H and O–H groups in total. The zero-order chi connectivity index (χ0) is 12.9. The molecule has 0 saturated carbocycles. The first-order chi connectivity index (χ1) is 8.01. The smallest absolute Gasteiger partial charge is 0.349 e. The zero-order valence-electron chi connectivity index (χ0n) is 10.6. The predicted molar refractivity (Wildman–Crippen MR) is 64.3 cm³/mol. The van der Waals surface area contributed by atoms with Gasteiger partial charge >= 0.3 is 5.97 Å². The van der Waals surface area contributed by atoms with Crippen molar-refractivity contribution in [2.75, 3.05) is 13.7 Å². The van der Waals surface area contributed by atoms with Crippen molar-refractivity contribution in [2.24, 2.45) is 0 Å². The van der Waals surface area contributed by atoms with E-state index >= 15 is 0 Å². The van der Waals surface area contributed by atoms with Gasteiger partial charge < -0.3 is 14.2 Å². The fourth-order valence-corrected chi connectivity index (χ4v) is 1.32. The van der Waals surface area contributed by atoms with Crippen LogP contribution in [0.5, 0.6) is 11.5 Å². The molecule has 0 spiro atoms. The molecule has 0 aliphatic rings. The van der Waals surface area contributed by atoms with Gasteiger partial charge in [0.1, 0.15) is 0 Å². The number of ether oxygens (including phenoxy) is 3. The van der Waals surface area contributed by atoms with Crippen LogP contribution in [0.15, 0.2) is 24.3 Å². The van der Waals surface area contributed by atoms with E-state index in [1.807, 2.05) is 12.1 Å². The summed E-state index contributed by atoms with van der Waals surface area (Å²) < 4.78 is 15.7. The summed E-state index contributed by atoms with van der Waals surface area (Å²) in [5.74, 6) is 0.712. The maximum absolute atomic E-state index is 11.7. The van der Waals surface area contributed by atoms with Crippen molar-refractivity contribution in [1.82, 2.24) is 0 Å². The Morgan fingerprint density at radius 1 is 1.24 bits per heavy atom. The highest BCUT2D eigenvalue weighted by molar-refractivity contribution is 5.79. The van der Waals surface area contributed by atoms with E-state index in [0.29, 0.717) is 18.1 Å². The third kappa shape index (κ3) is 3.37. The van der Waals surface area contributed by atoms with Crippen LogP contribution in [0.2, 0.25) is 0 Å². The van der Waals surface area contributed by atoms with Gasteiger partial charge in [-0.1, -0.05) is 12.1 Å². The minimum Gasteiger partial charge on any atom is -0.493 e. The number of carbonyl (C=O) groups excluding carboxylic acids is 1. The second-order valence-electron chi connectivity index (χ2n) is 3.98. The lowest BCUT2D eigenvalue weighted by atomic mass is 10.1. The third-order valence-corrected chi connectivity index (χ3v) is 2.20. The summed E-state index contributed by atoms with van der Waals surface area (Å²) in [5.41, 5.74) is -1.04. The lowest BCUT2D eigenvalue weighted by Crippen LogP contribution is -2.39. The van der Waals surface area contributed by atoms with Gasteiger partial charge in [0, 0.05) is 0 Å². The molecule has 0 aromatic heterocycles. The van der Waals surface area contributed by atoms with Crippen LogP contribution in [0.3, 0.4) is 0 Å². The second kappa shape index (κ2) is 5.57. The van der Waals surface area contributed by atoms with Crippen LogP contribution < -0.4 is 9.47 Å². The van der Waals surface area contributed by atoms with Gasteiger partial charge in [-0.3, -0.25) is 0 Å². The monoisotopic (exact) mass is 238 g/mol. The lowest BCUT2D eigenvalue weighted by Gasteiger charge is -2.24. The van der Waals surface area contributed by atoms with E-state index in [2.05, 4.69) is 0 Å². The highest BCUT2D eigenvalue weighted by Crippen LogP contribution is 2.29. The van der Waals surface area contributed by atoms with Crippen molar-refractivity contribution < 1.29 is 19.0 Å². The highest BCUT2D eigenvalue weighted by Gasteiger charge is 2.32. The molecular weight excluding hydrogens is 220 g/mol. The summed E-state index contributed by atoms with van der Waals surface area (Å²) in [6.45, 7) is 5.42. The zero-order valence-corrected chi connectivity index (χ0v) is 10.6. The van der Waals surface area contributed by atoms with Crippen molar-refractivity contribution >= 4 is 5.97 Å². The van der Waals surface area contributed by atoms with Gasteiger partial charge in [-0.2, -0.15) is 0 Å². The Balaban J connectivity index is 2.85. The number of hydrogen-bond donors (Lipinski definition) is 0. The van der Waals surface area contributed by atoms with E-state index in [1.165, 1.54) is 0 Å². The summed E-state index contributed by atoms with van der Waals surface area (Å²) in [4.78, 5) is 11.7. The Labute approximate surface area is 101 Å². The van der Waals surface area contributed by atoms with Crippen LogP contribution in [0.25, 0.3) is 0 Å². The van der Waals surface area contributed by atoms with Crippen molar-refractivity contribution in [3.8, 4) is 11.5 Å². The van der Waals surface area contributed by atoms with Gasteiger partial charge in [0.15, 0.2) is 17.1 Å². The minimum atomic E-state index is -1.04. The van der Waals surface area contributed by atoms with Crippen molar-refractivity contribution in [3.05, 3.63) is 24.3 Å². The first-order valence-electron chi connectivity index (χ1n) is 5.50. The first-order valence-corrected chi connectivity index (χ1v) is 5.50. The van der Waals surface area contributed by atoms with Crippen LogP contribution in [0.1, 0.15) is 20.8 Å². The Kier molecular flexibility index (Phi) is 4.37. The summed E-state index contributed by atoms with van der Waals surface area (Å²) >= 11 is 0. The maximum atomic E-state index is 11.7. The number of benzene rings is 1. The van der Waals surface area contributed by atoms with E-state index in [0.717, 1.165) is 0 Å². The van der Waals surface area contributed by atoms with Gasteiger partial charge in [0.2, 0.25) is 0 Å². The number of para-hydroxylation sites is 2. The largest absolute Gasteiger partial charge is 0.493 e. The fourth-order valence-electron chi connectivity index (χ4n) is 1.32. The predicted octanol–water partition coefficient (Wildman–Crippen LogP) is 2.42. The van der Waals surface area contributed by atoms with Gasteiger partial charge in [-0.25, -0.2) is 4.79 Å². The van der Waals surface area contributed by atoms with Gasteiger partial charge in [-0.15, -0.1) is 0 Å². The number of methoxy groups -OCH3 is 1. The van der Waals surface area contributed by atoms with E-state index in [9.17, 15) is 4.79 Å². The second-order valence-corrected chi connectivity index (χ2v) is 3.98. The number of esters is 1. The molecule has 1 aromatic carbocycles. The number of hydrogen-bond acceptors (Lipinski definition) is 4. The molecule has 0 aliphatic heterocycles. The van der Waals surface area contributed by atoms with Crippen LogP contribution in [-0.2, 0) is 9.53 Å². The summed E-state index contributed by atoms with van der Waals surface area (Å²) in [6, 6.07) is 7.18. The molecule has 0 amide bonds. The van der Waals surface area contributed by atoms with E-state index in [1.54, 1.807) is 40.0 Å². The number of carbonyl (C=O) groups is 1. The van der Waals surface area contributed by atoms with Crippen LogP contribution >= 0.6 is 0 Å². The van der Waals surface area contributed by atoms with Crippen LogP contribution in [-0.4, -0.2) is 25.3 Å². The summed E-state index contributed by atoms with van der Waals surface area (Å²) in [6.07, 6.45) is 0. The summed E-state index contributed by atoms with van der Waals surface area (Å²) in [5, 5.41) is 0. The van der Waals surface area contributed by atoms with Crippen molar-refractivity contribution in [3.63, 3.8) is 0 Å². The van der Waals surface area contributed by atoms with E-state index in [4.69, 9.17) is 14.2 Å². The standard InChI is InChI=1S/C13H18O4/c1-5-16-12(14)13(2,3)17-11-9-7-6-8-10(11)15-4/h6-9H,5H2,1-4H3. The molecule has 0 bridgehead atoms. The normalized spacial score (nSPS) is 10.8. The molecule has 0 unspecified atom stereocenters. The third-order valence-electron chi connectivity index (χ3n) is 2.20. The molecule has 0 heterocycles. The van der Waals surface area contributed by atoms with Crippen molar-refractivity contribution in [2.45, 2.75) is 26.4 Å². The SMILES string of the molecule is CCOC(=O)C(C)(C)Oc1ccccc1OC. The molecule has 1 aromatic rings. The van der Waals surface area contributed by atoms with Gasteiger partial charge in [-0.05, 0) is 32.9 Å². The first kappa shape index (κ1) is 13.4. The van der Waals surface area contributed by atoms with E-state index < -0.39 is 11.6 Å². The van der Waals surface area contributed by atoms with Crippen molar-refractivity contribution in [1.29, 1.82) is 0 Å². The highest BCUT2D eigenvalue weighted by atomic mass is 16.6. The molecule has 4 heteroatoms. The Hall–Kier alpha value is -1.71. The minimum absolute atomic E-state index is 0.331. The van der Waals surface area contributed by atoms with Gasteiger partial charge in [0.25, 0.3) is 0 Å². The molecule has 94 valence electrons. The van der Waals surface area contributed by atoms with Gasteiger partial charge in [0.05, 0.1) is 13.7 Å². The Bertz CT molecular complexity index is 385. The van der Waals surface area contributed by atoms with E-state index in [-0.39, 0.29) is 0 Å². The maximum Gasteiger partial charge on any atom is 0.349 e. The molecule has 1 rings (SSSR count). The molecular formula is C13H18O4. The molecule has 4 nitrogen and oxygen atoms in total. The average molecular weight is 238 g/mol. The lowest BCUT2D eigenvalue weighted by molar-refractivity contribution is -0.158. The number of rotatable bonds is 5. The Morgan fingerprint density at radius 3 is 2.35 bits per heavy atom. The molecule has 0 saturated heterocycles. The molecule has 17 heavy (non-hydrogen) atoms. The molecule has 0 fully saturated rings. The quantitative estimate of drug-likeness (QED) is 0.739. The summed E-state index contributed by atoms with van der Waals surface area (Å²) in [7, 11) is 1.56. The molecule has 0 radical (unpaired) electrons. The topological polar surface area (TPSA) is 44.8 Å². The van der Waals surface area contributed by atoms with Crippen LogP contribution in [0.4, 0.5) is 0 Å². The molecule has 0 atom stereocenters.